The lowest BCUT2D eigenvalue weighted by atomic mass is 10.0. The van der Waals surface area contributed by atoms with E-state index in [2.05, 4.69) is 22.4 Å². The molecule has 0 aliphatic heterocycles. The molecule has 0 saturated carbocycles. The van der Waals surface area contributed by atoms with Gasteiger partial charge in [0, 0.05) is 6.54 Å². The fourth-order valence-corrected chi connectivity index (χ4v) is 1.60. The van der Waals surface area contributed by atoms with Crippen LogP contribution < -0.4 is 0 Å². The number of rotatable bonds is 7. The van der Waals surface area contributed by atoms with Crippen molar-refractivity contribution in [3.05, 3.63) is 5.82 Å². The Bertz CT molecular complexity index is 416. The molecule has 0 fully saturated rings. The first-order valence-electron chi connectivity index (χ1n) is 6.57. The van der Waals surface area contributed by atoms with Gasteiger partial charge in [0.05, 0.1) is 13.2 Å². The third-order valence-electron chi connectivity index (χ3n) is 3.15. The molecule has 0 amide bonds. The highest BCUT2D eigenvalue weighted by molar-refractivity contribution is 5.79. The molecule has 0 aliphatic rings. The van der Waals surface area contributed by atoms with Crippen molar-refractivity contribution >= 4 is 5.97 Å². The molecule has 0 N–H and O–H groups in total. The Morgan fingerprint density at radius 1 is 1.42 bits per heavy atom. The summed E-state index contributed by atoms with van der Waals surface area (Å²) in [6, 6.07) is 0. The van der Waals surface area contributed by atoms with Gasteiger partial charge in [0.25, 0.3) is 0 Å². The second-order valence-corrected chi connectivity index (χ2v) is 4.95. The number of esters is 1. The summed E-state index contributed by atoms with van der Waals surface area (Å²) in [6.45, 7) is 9.18. The summed E-state index contributed by atoms with van der Waals surface area (Å²) < 4.78 is 6.85. The van der Waals surface area contributed by atoms with Gasteiger partial charge < -0.3 is 4.74 Å². The fraction of sp³-hybridized carbons (Fsp3) is 0.833. The highest BCUT2D eigenvalue weighted by atomic mass is 16.5. The Labute approximate surface area is 113 Å². The first-order chi connectivity index (χ1) is 8.93. The van der Waals surface area contributed by atoms with Crippen molar-refractivity contribution in [3.63, 3.8) is 0 Å². The van der Waals surface area contributed by atoms with Crippen LogP contribution in [0, 0.1) is 0 Å². The summed E-state index contributed by atoms with van der Waals surface area (Å²) in [4.78, 5) is 13.8. The molecule has 7 nitrogen and oxygen atoms in total. The van der Waals surface area contributed by atoms with Crippen molar-refractivity contribution in [1.82, 2.24) is 25.1 Å². The summed E-state index contributed by atoms with van der Waals surface area (Å²) in [6.07, 6.45) is 0.961. The van der Waals surface area contributed by atoms with Gasteiger partial charge in [-0.05, 0) is 44.7 Å². The second kappa shape index (κ2) is 6.60. The van der Waals surface area contributed by atoms with E-state index in [1.807, 2.05) is 25.8 Å². The molecule has 1 aromatic rings. The van der Waals surface area contributed by atoms with E-state index in [1.54, 1.807) is 11.6 Å². The maximum atomic E-state index is 11.9. The SMILES string of the molecule is CCCn1nnnc1CN(C)C(C)(C)C(=O)OCC. The van der Waals surface area contributed by atoms with Gasteiger partial charge in [-0.15, -0.1) is 5.10 Å². The van der Waals surface area contributed by atoms with E-state index in [0.717, 1.165) is 18.8 Å². The van der Waals surface area contributed by atoms with Crippen molar-refractivity contribution in [2.75, 3.05) is 13.7 Å². The molecule has 0 atom stereocenters. The first-order valence-corrected chi connectivity index (χ1v) is 6.57. The predicted molar refractivity (Wildman–Crippen MR) is 70.3 cm³/mol. The van der Waals surface area contributed by atoms with Crippen LogP contribution in [-0.2, 0) is 22.6 Å². The molecule has 0 unspecified atom stereocenters. The molecule has 0 aliphatic carbocycles. The van der Waals surface area contributed by atoms with Gasteiger partial charge in [-0.25, -0.2) is 4.68 Å². The number of carbonyl (C=O) groups excluding carboxylic acids is 1. The van der Waals surface area contributed by atoms with E-state index in [4.69, 9.17) is 4.74 Å². The average molecular weight is 269 g/mol. The van der Waals surface area contributed by atoms with Crippen molar-refractivity contribution in [2.45, 2.75) is 52.7 Å². The van der Waals surface area contributed by atoms with Crippen molar-refractivity contribution in [1.29, 1.82) is 0 Å². The molecular weight excluding hydrogens is 246 g/mol. The van der Waals surface area contributed by atoms with Crippen LogP contribution in [0.15, 0.2) is 0 Å². The Kier molecular flexibility index (Phi) is 5.41. The standard InChI is InChI=1S/C12H23N5O2/c1-6-8-17-10(13-14-15-17)9-16(5)12(3,4)11(18)19-7-2/h6-9H2,1-5H3. The molecule has 1 rings (SSSR count). The zero-order chi connectivity index (χ0) is 14.5. The highest BCUT2D eigenvalue weighted by Gasteiger charge is 2.34. The fourth-order valence-electron chi connectivity index (χ4n) is 1.60. The van der Waals surface area contributed by atoms with Crippen LogP contribution in [0.1, 0.15) is 39.9 Å². The van der Waals surface area contributed by atoms with Crippen molar-refractivity contribution < 1.29 is 9.53 Å². The van der Waals surface area contributed by atoms with Crippen LogP contribution in [0.25, 0.3) is 0 Å². The lowest BCUT2D eigenvalue weighted by Crippen LogP contribution is -2.48. The Hall–Kier alpha value is -1.50. The molecule has 0 bridgehead atoms. The second-order valence-electron chi connectivity index (χ2n) is 4.95. The quantitative estimate of drug-likeness (QED) is 0.683. The van der Waals surface area contributed by atoms with Crippen molar-refractivity contribution in [2.24, 2.45) is 0 Å². The number of carbonyl (C=O) groups is 1. The van der Waals surface area contributed by atoms with Crippen molar-refractivity contribution in [3.8, 4) is 0 Å². The molecule has 0 spiro atoms. The van der Waals surface area contributed by atoms with Crippen LogP contribution >= 0.6 is 0 Å². The first kappa shape index (κ1) is 15.6. The number of hydrogen-bond donors (Lipinski definition) is 0. The number of ether oxygens (including phenoxy) is 1. The van der Waals surface area contributed by atoms with Gasteiger partial charge in [0.2, 0.25) is 0 Å². The smallest absolute Gasteiger partial charge is 0.325 e. The van der Waals surface area contributed by atoms with E-state index in [0.29, 0.717) is 13.2 Å². The van der Waals surface area contributed by atoms with E-state index in [1.165, 1.54) is 0 Å². The normalized spacial score (nSPS) is 11.9. The van der Waals surface area contributed by atoms with Gasteiger partial charge >= 0.3 is 5.97 Å². The van der Waals surface area contributed by atoms with Crippen LogP contribution in [0.2, 0.25) is 0 Å². The summed E-state index contributed by atoms with van der Waals surface area (Å²) in [5, 5.41) is 11.6. The summed E-state index contributed by atoms with van der Waals surface area (Å²) in [7, 11) is 1.86. The minimum atomic E-state index is -0.709. The predicted octanol–water partition coefficient (Wildman–Crippen LogP) is 0.857. The van der Waals surface area contributed by atoms with E-state index < -0.39 is 5.54 Å². The number of nitrogens with zero attached hydrogens (tertiary/aromatic N) is 5. The Balaban J connectivity index is 2.75. The van der Waals surface area contributed by atoms with Gasteiger partial charge in [0.1, 0.15) is 5.54 Å². The number of hydrogen-bond acceptors (Lipinski definition) is 6. The lowest BCUT2D eigenvalue weighted by Gasteiger charge is -2.32. The zero-order valence-electron chi connectivity index (χ0n) is 12.4. The lowest BCUT2D eigenvalue weighted by molar-refractivity contribution is -0.155. The minimum absolute atomic E-state index is 0.244. The molecule has 0 saturated heterocycles. The molecule has 19 heavy (non-hydrogen) atoms. The minimum Gasteiger partial charge on any atom is -0.465 e. The van der Waals surface area contributed by atoms with E-state index >= 15 is 0 Å². The average Bonchev–Trinajstić information content (AvgIpc) is 2.77. The van der Waals surface area contributed by atoms with Gasteiger partial charge in [-0.3, -0.25) is 9.69 Å². The third-order valence-corrected chi connectivity index (χ3v) is 3.15. The highest BCUT2D eigenvalue weighted by Crippen LogP contribution is 2.16. The van der Waals surface area contributed by atoms with Gasteiger partial charge in [-0.2, -0.15) is 0 Å². The number of likely N-dealkylation sites (N-methyl/N-ethyl adjacent to an activating group) is 1. The molecular formula is C12H23N5O2. The number of aryl methyl sites for hydroxylation is 1. The van der Waals surface area contributed by atoms with Crippen LogP contribution in [-0.4, -0.2) is 50.3 Å². The summed E-state index contributed by atoms with van der Waals surface area (Å²) in [5.74, 6) is 0.508. The third kappa shape index (κ3) is 3.73. The molecule has 7 heteroatoms. The molecule has 108 valence electrons. The van der Waals surface area contributed by atoms with Crippen LogP contribution in [0.5, 0.6) is 0 Å². The molecule has 0 aromatic carbocycles. The van der Waals surface area contributed by atoms with Gasteiger partial charge in [0.15, 0.2) is 5.82 Å². The summed E-state index contributed by atoms with van der Waals surface area (Å²) >= 11 is 0. The Morgan fingerprint density at radius 2 is 2.11 bits per heavy atom. The number of tetrazole rings is 1. The maximum Gasteiger partial charge on any atom is 0.325 e. The summed E-state index contributed by atoms with van der Waals surface area (Å²) in [5.41, 5.74) is -0.709. The van der Waals surface area contributed by atoms with E-state index in [9.17, 15) is 4.79 Å². The molecule has 0 radical (unpaired) electrons. The zero-order valence-corrected chi connectivity index (χ0v) is 12.4. The maximum absolute atomic E-state index is 11.9. The number of aromatic nitrogens is 4. The monoisotopic (exact) mass is 269 g/mol. The van der Waals surface area contributed by atoms with Crippen LogP contribution in [0.4, 0.5) is 0 Å². The van der Waals surface area contributed by atoms with Crippen LogP contribution in [0.3, 0.4) is 0 Å². The van der Waals surface area contributed by atoms with Gasteiger partial charge in [-0.1, -0.05) is 6.92 Å². The molecule has 1 aromatic heterocycles. The Morgan fingerprint density at radius 3 is 2.68 bits per heavy atom. The largest absolute Gasteiger partial charge is 0.465 e. The van der Waals surface area contributed by atoms with E-state index in [-0.39, 0.29) is 5.97 Å². The topological polar surface area (TPSA) is 73.1 Å². The molecule has 1 heterocycles.